The number of amides is 1. The summed E-state index contributed by atoms with van der Waals surface area (Å²) in [6.07, 6.45) is 0. The van der Waals surface area contributed by atoms with Crippen molar-refractivity contribution in [1.29, 1.82) is 5.26 Å². The van der Waals surface area contributed by atoms with Gasteiger partial charge in [0.1, 0.15) is 12.3 Å². The van der Waals surface area contributed by atoms with E-state index in [0.29, 0.717) is 5.76 Å². The van der Waals surface area contributed by atoms with Crippen LogP contribution in [-0.2, 0) is 0 Å². The lowest BCUT2D eigenvalue weighted by molar-refractivity contribution is 0.0929. The first kappa shape index (κ1) is 8.34. The SMILES string of the molecule is Cc1ccc(C(=O)NCC#N)o1. The van der Waals surface area contributed by atoms with E-state index in [4.69, 9.17) is 9.68 Å². The minimum absolute atomic E-state index is 0.00141. The first-order valence-electron chi connectivity index (χ1n) is 3.45. The molecular weight excluding hydrogens is 156 g/mol. The second kappa shape index (κ2) is 3.58. The van der Waals surface area contributed by atoms with E-state index >= 15 is 0 Å². The third-order valence-corrected chi connectivity index (χ3v) is 1.29. The molecule has 0 saturated carbocycles. The van der Waals surface area contributed by atoms with Gasteiger partial charge in [-0.2, -0.15) is 5.26 Å². The summed E-state index contributed by atoms with van der Waals surface area (Å²) in [4.78, 5) is 11.1. The highest BCUT2D eigenvalue weighted by molar-refractivity contribution is 5.91. The summed E-state index contributed by atoms with van der Waals surface area (Å²) < 4.78 is 5.02. The van der Waals surface area contributed by atoms with Crippen LogP contribution in [-0.4, -0.2) is 12.5 Å². The molecule has 0 aliphatic carbocycles. The van der Waals surface area contributed by atoms with Crippen molar-refractivity contribution < 1.29 is 9.21 Å². The molecule has 0 spiro atoms. The van der Waals surface area contributed by atoms with Crippen molar-refractivity contribution in [2.24, 2.45) is 0 Å². The van der Waals surface area contributed by atoms with Crippen LogP contribution in [0.2, 0.25) is 0 Å². The fourth-order valence-corrected chi connectivity index (χ4v) is 0.763. The van der Waals surface area contributed by atoms with Crippen molar-refractivity contribution in [3.8, 4) is 6.07 Å². The molecule has 4 heteroatoms. The number of nitrogens with zero attached hydrogens (tertiary/aromatic N) is 1. The number of nitrogens with one attached hydrogen (secondary N) is 1. The minimum Gasteiger partial charge on any atom is -0.456 e. The third kappa shape index (κ3) is 1.86. The van der Waals surface area contributed by atoms with Crippen molar-refractivity contribution >= 4 is 5.91 Å². The van der Waals surface area contributed by atoms with Crippen LogP contribution in [0.3, 0.4) is 0 Å². The van der Waals surface area contributed by atoms with Crippen LogP contribution < -0.4 is 5.32 Å². The quantitative estimate of drug-likeness (QED) is 0.658. The first-order chi connectivity index (χ1) is 5.74. The van der Waals surface area contributed by atoms with Gasteiger partial charge in [-0.25, -0.2) is 0 Å². The van der Waals surface area contributed by atoms with Crippen molar-refractivity contribution in [3.63, 3.8) is 0 Å². The van der Waals surface area contributed by atoms with E-state index in [-0.39, 0.29) is 18.2 Å². The first-order valence-corrected chi connectivity index (χ1v) is 3.45. The lowest BCUT2D eigenvalue weighted by Crippen LogP contribution is -2.22. The largest absolute Gasteiger partial charge is 0.456 e. The lowest BCUT2D eigenvalue weighted by Gasteiger charge is -1.94. The Morgan fingerprint density at radius 1 is 1.75 bits per heavy atom. The van der Waals surface area contributed by atoms with Crippen LogP contribution in [0.1, 0.15) is 16.3 Å². The molecule has 0 bridgehead atoms. The summed E-state index contributed by atoms with van der Waals surface area (Å²) in [7, 11) is 0. The minimum atomic E-state index is -0.357. The van der Waals surface area contributed by atoms with Gasteiger partial charge in [-0.1, -0.05) is 0 Å². The van der Waals surface area contributed by atoms with Gasteiger partial charge in [0, 0.05) is 0 Å². The predicted molar refractivity (Wildman–Crippen MR) is 41.4 cm³/mol. The van der Waals surface area contributed by atoms with E-state index < -0.39 is 0 Å². The van der Waals surface area contributed by atoms with Crippen molar-refractivity contribution in [3.05, 3.63) is 23.7 Å². The molecule has 0 atom stereocenters. The number of aryl methyl sites for hydroxylation is 1. The van der Waals surface area contributed by atoms with Crippen LogP contribution in [0.25, 0.3) is 0 Å². The highest BCUT2D eigenvalue weighted by atomic mass is 16.3. The standard InChI is InChI=1S/C8H8N2O2/c1-6-2-3-7(12-6)8(11)10-5-4-9/h2-3H,5H2,1H3,(H,10,11). The average molecular weight is 164 g/mol. The van der Waals surface area contributed by atoms with Gasteiger partial charge in [0.25, 0.3) is 5.91 Å². The molecule has 4 nitrogen and oxygen atoms in total. The Bertz CT molecular complexity index is 322. The summed E-state index contributed by atoms with van der Waals surface area (Å²) in [5.74, 6) is 0.560. The number of nitriles is 1. The van der Waals surface area contributed by atoms with Crippen LogP contribution >= 0.6 is 0 Å². The second-order valence-electron chi connectivity index (χ2n) is 2.25. The Morgan fingerprint density at radius 2 is 2.50 bits per heavy atom. The average Bonchev–Trinajstić information content (AvgIpc) is 2.47. The Balaban J connectivity index is 2.61. The Morgan fingerprint density at radius 3 is 3.00 bits per heavy atom. The summed E-state index contributed by atoms with van der Waals surface area (Å²) >= 11 is 0. The normalized spacial score (nSPS) is 9.00. The van der Waals surface area contributed by atoms with Crippen LogP contribution in [0, 0.1) is 18.3 Å². The van der Waals surface area contributed by atoms with E-state index in [9.17, 15) is 4.79 Å². The fraction of sp³-hybridized carbons (Fsp3) is 0.250. The number of carbonyl (C=O) groups excluding carboxylic acids is 1. The van der Waals surface area contributed by atoms with Gasteiger partial charge in [0.05, 0.1) is 6.07 Å². The highest BCUT2D eigenvalue weighted by Crippen LogP contribution is 2.05. The van der Waals surface area contributed by atoms with E-state index in [1.165, 1.54) is 0 Å². The monoisotopic (exact) mass is 164 g/mol. The van der Waals surface area contributed by atoms with Gasteiger partial charge < -0.3 is 9.73 Å². The molecule has 0 aromatic carbocycles. The van der Waals surface area contributed by atoms with E-state index in [1.54, 1.807) is 25.1 Å². The zero-order valence-corrected chi connectivity index (χ0v) is 6.63. The van der Waals surface area contributed by atoms with Gasteiger partial charge in [-0.05, 0) is 19.1 Å². The molecule has 1 heterocycles. The zero-order chi connectivity index (χ0) is 8.97. The highest BCUT2D eigenvalue weighted by Gasteiger charge is 2.07. The molecule has 0 aliphatic heterocycles. The van der Waals surface area contributed by atoms with E-state index in [1.807, 2.05) is 0 Å². The van der Waals surface area contributed by atoms with Gasteiger partial charge in [-0.15, -0.1) is 0 Å². The van der Waals surface area contributed by atoms with E-state index in [0.717, 1.165) is 0 Å². The van der Waals surface area contributed by atoms with Crippen LogP contribution in [0.4, 0.5) is 0 Å². The number of furan rings is 1. The van der Waals surface area contributed by atoms with Gasteiger partial charge in [0.15, 0.2) is 5.76 Å². The molecule has 0 saturated heterocycles. The molecule has 62 valence electrons. The molecular formula is C8H8N2O2. The number of hydrogen-bond acceptors (Lipinski definition) is 3. The Hall–Kier alpha value is -1.76. The van der Waals surface area contributed by atoms with E-state index in [2.05, 4.69) is 5.32 Å². The van der Waals surface area contributed by atoms with Crippen molar-refractivity contribution in [2.45, 2.75) is 6.92 Å². The maximum absolute atomic E-state index is 11.1. The van der Waals surface area contributed by atoms with Crippen molar-refractivity contribution in [1.82, 2.24) is 5.32 Å². The lowest BCUT2D eigenvalue weighted by atomic mass is 10.4. The summed E-state index contributed by atoms with van der Waals surface area (Å²) in [6, 6.07) is 5.07. The number of rotatable bonds is 2. The maximum Gasteiger partial charge on any atom is 0.287 e. The summed E-state index contributed by atoms with van der Waals surface area (Å²) in [6.45, 7) is 1.75. The topological polar surface area (TPSA) is 66.0 Å². The number of hydrogen-bond donors (Lipinski definition) is 1. The van der Waals surface area contributed by atoms with Crippen molar-refractivity contribution in [2.75, 3.05) is 6.54 Å². The molecule has 1 amide bonds. The van der Waals surface area contributed by atoms with Crippen LogP contribution in [0.5, 0.6) is 0 Å². The molecule has 0 fully saturated rings. The Kier molecular flexibility index (Phi) is 2.49. The molecule has 0 aliphatic rings. The molecule has 1 aromatic heterocycles. The molecule has 1 rings (SSSR count). The second-order valence-corrected chi connectivity index (χ2v) is 2.25. The predicted octanol–water partition coefficient (Wildman–Crippen LogP) is 0.841. The Labute approximate surface area is 69.8 Å². The maximum atomic E-state index is 11.1. The zero-order valence-electron chi connectivity index (χ0n) is 6.63. The smallest absolute Gasteiger partial charge is 0.287 e. The summed E-state index contributed by atoms with van der Waals surface area (Å²) in [5.41, 5.74) is 0. The third-order valence-electron chi connectivity index (χ3n) is 1.29. The fourth-order valence-electron chi connectivity index (χ4n) is 0.763. The van der Waals surface area contributed by atoms with Gasteiger partial charge in [0.2, 0.25) is 0 Å². The molecule has 0 radical (unpaired) electrons. The molecule has 1 N–H and O–H groups in total. The number of carbonyl (C=O) groups is 1. The molecule has 1 aromatic rings. The summed E-state index contributed by atoms with van der Waals surface area (Å²) in [5, 5.41) is 10.5. The van der Waals surface area contributed by atoms with Gasteiger partial charge in [-0.3, -0.25) is 4.79 Å². The molecule has 12 heavy (non-hydrogen) atoms. The van der Waals surface area contributed by atoms with Crippen LogP contribution in [0.15, 0.2) is 16.5 Å². The van der Waals surface area contributed by atoms with Gasteiger partial charge >= 0.3 is 0 Å². The molecule has 0 unspecified atom stereocenters.